The molecule has 2 atom stereocenters. The zero-order valence-corrected chi connectivity index (χ0v) is 13.3. The topological polar surface area (TPSA) is 56.1 Å². The van der Waals surface area contributed by atoms with E-state index in [4.69, 9.17) is 16.3 Å². The lowest BCUT2D eigenvalue weighted by Crippen LogP contribution is -2.37. The molecular formula is C16H18ClN3O2. The SMILES string of the molecule is Cc1c(C(=O)N[C@H]2CCO[C@@H]2c2ccc(Cl)cc2)cnn1C. The fraction of sp³-hybridized carbons (Fsp3) is 0.375. The van der Waals surface area contributed by atoms with Crippen LogP contribution in [0.3, 0.4) is 0 Å². The van der Waals surface area contributed by atoms with Crippen molar-refractivity contribution in [3.63, 3.8) is 0 Å². The summed E-state index contributed by atoms with van der Waals surface area (Å²) < 4.78 is 7.48. The second-order valence-electron chi connectivity index (χ2n) is 5.48. The average molecular weight is 320 g/mol. The quantitative estimate of drug-likeness (QED) is 0.946. The van der Waals surface area contributed by atoms with Gasteiger partial charge in [-0.15, -0.1) is 0 Å². The highest BCUT2D eigenvalue weighted by molar-refractivity contribution is 6.30. The van der Waals surface area contributed by atoms with Gasteiger partial charge in [-0.05, 0) is 31.0 Å². The molecule has 0 spiro atoms. The molecule has 0 bridgehead atoms. The summed E-state index contributed by atoms with van der Waals surface area (Å²) in [5, 5.41) is 7.86. The molecule has 6 heteroatoms. The molecule has 2 heterocycles. The molecule has 1 saturated heterocycles. The Balaban J connectivity index is 1.75. The molecular weight excluding hydrogens is 302 g/mol. The lowest BCUT2D eigenvalue weighted by atomic mass is 10.0. The highest BCUT2D eigenvalue weighted by Crippen LogP contribution is 2.30. The van der Waals surface area contributed by atoms with E-state index < -0.39 is 0 Å². The van der Waals surface area contributed by atoms with Crippen molar-refractivity contribution >= 4 is 17.5 Å². The molecule has 1 N–H and O–H groups in total. The maximum Gasteiger partial charge on any atom is 0.255 e. The highest BCUT2D eigenvalue weighted by Gasteiger charge is 2.31. The van der Waals surface area contributed by atoms with Crippen LogP contribution in [0.2, 0.25) is 5.02 Å². The molecule has 1 aliphatic heterocycles. The third-order valence-electron chi connectivity index (χ3n) is 4.09. The van der Waals surface area contributed by atoms with Gasteiger partial charge in [-0.3, -0.25) is 9.48 Å². The van der Waals surface area contributed by atoms with E-state index >= 15 is 0 Å². The lowest BCUT2D eigenvalue weighted by Gasteiger charge is -2.20. The first kappa shape index (κ1) is 15.1. The predicted octanol–water partition coefficient (Wildman–Crippen LogP) is 2.64. The van der Waals surface area contributed by atoms with Crippen molar-refractivity contribution in [2.45, 2.75) is 25.5 Å². The number of aromatic nitrogens is 2. The van der Waals surface area contributed by atoms with Gasteiger partial charge >= 0.3 is 0 Å². The van der Waals surface area contributed by atoms with Gasteiger partial charge in [0, 0.05) is 24.4 Å². The van der Waals surface area contributed by atoms with Crippen LogP contribution in [0.5, 0.6) is 0 Å². The third-order valence-corrected chi connectivity index (χ3v) is 4.34. The number of halogens is 1. The summed E-state index contributed by atoms with van der Waals surface area (Å²) in [6.07, 6.45) is 2.24. The third kappa shape index (κ3) is 2.87. The van der Waals surface area contributed by atoms with Crippen molar-refractivity contribution in [3.8, 4) is 0 Å². The van der Waals surface area contributed by atoms with E-state index in [1.165, 1.54) is 0 Å². The van der Waals surface area contributed by atoms with E-state index in [2.05, 4.69) is 10.4 Å². The van der Waals surface area contributed by atoms with Crippen molar-refractivity contribution in [2.24, 2.45) is 7.05 Å². The number of amides is 1. The minimum absolute atomic E-state index is 0.0479. The van der Waals surface area contributed by atoms with Crippen LogP contribution in [0.1, 0.15) is 34.1 Å². The number of carbonyl (C=O) groups is 1. The van der Waals surface area contributed by atoms with E-state index in [-0.39, 0.29) is 18.1 Å². The minimum atomic E-state index is -0.141. The largest absolute Gasteiger partial charge is 0.371 e. The van der Waals surface area contributed by atoms with Gasteiger partial charge in [0.15, 0.2) is 0 Å². The Morgan fingerprint density at radius 2 is 2.14 bits per heavy atom. The van der Waals surface area contributed by atoms with E-state index in [1.54, 1.807) is 10.9 Å². The zero-order valence-electron chi connectivity index (χ0n) is 12.5. The fourth-order valence-corrected chi connectivity index (χ4v) is 2.81. The average Bonchev–Trinajstić information content (AvgIpc) is 3.08. The first-order chi connectivity index (χ1) is 10.6. The molecule has 2 aromatic rings. The molecule has 0 aliphatic carbocycles. The molecule has 1 aromatic carbocycles. The molecule has 116 valence electrons. The normalized spacial score (nSPS) is 21.0. The number of nitrogens with one attached hydrogen (secondary N) is 1. The van der Waals surface area contributed by atoms with Gasteiger partial charge < -0.3 is 10.1 Å². The molecule has 0 saturated carbocycles. The Labute approximate surface area is 134 Å². The van der Waals surface area contributed by atoms with Gasteiger partial charge in [-0.25, -0.2) is 0 Å². The Morgan fingerprint density at radius 1 is 1.41 bits per heavy atom. The Hall–Kier alpha value is -1.85. The van der Waals surface area contributed by atoms with Crippen LogP contribution in [-0.4, -0.2) is 28.3 Å². The van der Waals surface area contributed by atoms with E-state index in [9.17, 15) is 4.79 Å². The summed E-state index contributed by atoms with van der Waals surface area (Å²) in [7, 11) is 1.82. The van der Waals surface area contributed by atoms with Crippen LogP contribution in [0, 0.1) is 6.92 Å². The number of ether oxygens (including phenoxy) is 1. The first-order valence-corrected chi connectivity index (χ1v) is 7.60. The second-order valence-corrected chi connectivity index (χ2v) is 5.92. The van der Waals surface area contributed by atoms with Crippen LogP contribution in [0.4, 0.5) is 0 Å². The second kappa shape index (κ2) is 6.10. The standard InChI is InChI=1S/C16H18ClN3O2/c1-10-13(9-18-20(10)2)16(21)19-14-7-8-22-15(14)11-3-5-12(17)6-4-11/h3-6,9,14-15H,7-8H2,1-2H3,(H,19,21)/t14-,15+/m0/s1. The number of rotatable bonds is 3. The molecule has 1 amide bonds. The van der Waals surface area contributed by atoms with Crippen molar-refractivity contribution < 1.29 is 9.53 Å². The lowest BCUT2D eigenvalue weighted by molar-refractivity contribution is 0.0821. The van der Waals surface area contributed by atoms with Crippen LogP contribution < -0.4 is 5.32 Å². The molecule has 5 nitrogen and oxygen atoms in total. The van der Waals surface area contributed by atoms with Crippen molar-refractivity contribution in [1.29, 1.82) is 0 Å². The molecule has 22 heavy (non-hydrogen) atoms. The minimum Gasteiger partial charge on any atom is -0.371 e. The summed E-state index contributed by atoms with van der Waals surface area (Å²) >= 11 is 5.92. The zero-order chi connectivity index (χ0) is 15.7. The van der Waals surface area contributed by atoms with Crippen LogP contribution in [0.15, 0.2) is 30.5 Å². The number of aryl methyl sites for hydroxylation is 1. The molecule has 1 aromatic heterocycles. The number of nitrogens with zero attached hydrogens (tertiary/aromatic N) is 2. The summed E-state index contributed by atoms with van der Waals surface area (Å²) in [6.45, 7) is 2.51. The number of hydrogen-bond donors (Lipinski definition) is 1. The summed E-state index contributed by atoms with van der Waals surface area (Å²) in [4.78, 5) is 12.4. The van der Waals surface area contributed by atoms with Gasteiger partial charge in [-0.2, -0.15) is 5.10 Å². The fourth-order valence-electron chi connectivity index (χ4n) is 2.69. The molecule has 0 radical (unpaired) electrons. The summed E-state index contributed by atoms with van der Waals surface area (Å²) in [5.41, 5.74) is 2.47. The van der Waals surface area contributed by atoms with Gasteiger partial charge in [-0.1, -0.05) is 23.7 Å². The van der Waals surface area contributed by atoms with Crippen molar-refractivity contribution in [1.82, 2.24) is 15.1 Å². The van der Waals surface area contributed by atoms with Crippen molar-refractivity contribution in [3.05, 3.63) is 52.3 Å². The Bertz CT molecular complexity index is 681. The van der Waals surface area contributed by atoms with E-state index in [0.29, 0.717) is 17.2 Å². The van der Waals surface area contributed by atoms with Crippen LogP contribution in [-0.2, 0) is 11.8 Å². The van der Waals surface area contributed by atoms with E-state index in [0.717, 1.165) is 17.7 Å². The molecule has 1 fully saturated rings. The smallest absolute Gasteiger partial charge is 0.255 e. The van der Waals surface area contributed by atoms with Gasteiger partial charge in [0.25, 0.3) is 5.91 Å². The molecule has 1 aliphatic rings. The Morgan fingerprint density at radius 3 is 2.77 bits per heavy atom. The summed E-state index contributed by atoms with van der Waals surface area (Å²) in [5.74, 6) is -0.111. The van der Waals surface area contributed by atoms with Crippen LogP contribution >= 0.6 is 11.6 Å². The maximum absolute atomic E-state index is 12.4. The Kier molecular flexibility index (Phi) is 4.18. The number of carbonyl (C=O) groups excluding carboxylic acids is 1. The highest BCUT2D eigenvalue weighted by atomic mass is 35.5. The number of benzene rings is 1. The monoisotopic (exact) mass is 319 g/mol. The number of hydrogen-bond acceptors (Lipinski definition) is 3. The van der Waals surface area contributed by atoms with Gasteiger partial charge in [0.1, 0.15) is 6.10 Å². The van der Waals surface area contributed by atoms with Gasteiger partial charge in [0.2, 0.25) is 0 Å². The van der Waals surface area contributed by atoms with Crippen LogP contribution in [0.25, 0.3) is 0 Å². The van der Waals surface area contributed by atoms with Crippen molar-refractivity contribution in [2.75, 3.05) is 6.61 Å². The molecule has 3 rings (SSSR count). The predicted molar refractivity (Wildman–Crippen MR) is 84.0 cm³/mol. The summed E-state index contributed by atoms with van der Waals surface area (Å²) in [6, 6.07) is 7.50. The van der Waals surface area contributed by atoms with Gasteiger partial charge in [0.05, 0.1) is 17.8 Å². The van der Waals surface area contributed by atoms with E-state index in [1.807, 2.05) is 38.2 Å². The molecule has 0 unspecified atom stereocenters. The first-order valence-electron chi connectivity index (χ1n) is 7.23. The maximum atomic E-state index is 12.4.